The van der Waals surface area contributed by atoms with E-state index in [1.807, 2.05) is 31.2 Å². The maximum atomic E-state index is 9.75. The van der Waals surface area contributed by atoms with Crippen molar-refractivity contribution in [3.63, 3.8) is 0 Å². The molecular formula is C16H17BrClNO2. The quantitative estimate of drug-likeness (QED) is 0.750. The summed E-state index contributed by atoms with van der Waals surface area (Å²) in [6.07, 6.45) is 0. The minimum absolute atomic E-state index is 0.0505. The first-order chi connectivity index (χ1) is 9.94. The van der Waals surface area contributed by atoms with Crippen molar-refractivity contribution in [3.05, 3.63) is 63.1 Å². The molecule has 1 atom stereocenters. The van der Waals surface area contributed by atoms with Crippen LogP contribution in [0, 0.1) is 0 Å². The minimum atomic E-state index is -0.588. The number of aliphatic hydroxyl groups is 1. The molecule has 0 aliphatic rings. The van der Waals surface area contributed by atoms with Gasteiger partial charge in [0, 0.05) is 16.0 Å². The highest BCUT2D eigenvalue weighted by atomic mass is 79.9. The first-order valence-corrected chi connectivity index (χ1v) is 7.71. The van der Waals surface area contributed by atoms with Crippen LogP contribution in [0.15, 0.2) is 46.9 Å². The topological polar surface area (TPSA) is 52.5 Å². The average Bonchev–Trinajstić information content (AvgIpc) is 2.48. The van der Waals surface area contributed by atoms with Gasteiger partial charge < -0.3 is 15.5 Å². The van der Waals surface area contributed by atoms with E-state index in [0.717, 1.165) is 15.6 Å². The Balaban J connectivity index is 2.18. The third kappa shape index (κ3) is 3.98. The van der Waals surface area contributed by atoms with E-state index in [-0.39, 0.29) is 12.4 Å². The highest BCUT2D eigenvalue weighted by molar-refractivity contribution is 9.10. The van der Waals surface area contributed by atoms with Gasteiger partial charge in [0.2, 0.25) is 0 Å². The number of hydrogen-bond donors (Lipinski definition) is 3. The van der Waals surface area contributed by atoms with E-state index in [4.69, 9.17) is 11.6 Å². The molecule has 5 heteroatoms. The molecule has 2 aromatic rings. The summed E-state index contributed by atoms with van der Waals surface area (Å²) >= 11 is 9.51. The number of halogens is 2. The van der Waals surface area contributed by atoms with Crippen molar-refractivity contribution < 1.29 is 10.2 Å². The third-order valence-corrected chi connectivity index (χ3v) is 4.39. The Morgan fingerprint density at radius 1 is 1.19 bits per heavy atom. The van der Waals surface area contributed by atoms with Crippen molar-refractivity contribution >= 4 is 27.5 Å². The predicted molar refractivity (Wildman–Crippen MR) is 88.5 cm³/mol. The summed E-state index contributed by atoms with van der Waals surface area (Å²) in [4.78, 5) is 0. The van der Waals surface area contributed by atoms with Gasteiger partial charge in [-0.05, 0) is 48.4 Å². The van der Waals surface area contributed by atoms with E-state index >= 15 is 0 Å². The normalized spacial score (nSPS) is 13.9. The molecule has 0 heterocycles. The second-order valence-corrected chi connectivity index (χ2v) is 6.45. The standard InChI is InChI=1S/C16H17BrClNO2/c1-16(10-20,12-2-4-13(17)5-3-12)19-9-11-8-14(21)6-7-15(11)18/h2-8,19-21H,9-10H2,1H3. The van der Waals surface area contributed by atoms with Gasteiger partial charge in [-0.3, -0.25) is 0 Å². The van der Waals surface area contributed by atoms with Crippen LogP contribution in [0.4, 0.5) is 0 Å². The van der Waals surface area contributed by atoms with Crippen LogP contribution in [0.1, 0.15) is 18.1 Å². The van der Waals surface area contributed by atoms with Crippen LogP contribution in [-0.4, -0.2) is 16.8 Å². The Kier molecular flexibility index (Phi) is 5.27. The van der Waals surface area contributed by atoms with Crippen molar-refractivity contribution in [1.29, 1.82) is 0 Å². The number of rotatable bonds is 5. The summed E-state index contributed by atoms with van der Waals surface area (Å²) in [6, 6.07) is 12.6. The van der Waals surface area contributed by atoms with Gasteiger partial charge in [-0.2, -0.15) is 0 Å². The van der Waals surface area contributed by atoms with Gasteiger partial charge in [0.1, 0.15) is 5.75 Å². The van der Waals surface area contributed by atoms with Crippen LogP contribution < -0.4 is 5.32 Å². The molecule has 112 valence electrons. The van der Waals surface area contributed by atoms with Crippen LogP contribution in [0.25, 0.3) is 0 Å². The number of benzene rings is 2. The van der Waals surface area contributed by atoms with E-state index in [0.29, 0.717) is 11.6 Å². The summed E-state index contributed by atoms with van der Waals surface area (Å²) < 4.78 is 0.988. The second kappa shape index (κ2) is 6.79. The molecule has 1 unspecified atom stereocenters. The van der Waals surface area contributed by atoms with Gasteiger partial charge in [-0.25, -0.2) is 0 Å². The summed E-state index contributed by atoms with van der Waals surface area (Å²) in [5.41, 5.74) is 1.17. The molecule has 0 saturated carbocycles. The summed E-state index contributed by atoms with van der Waals surface area (Å²) in [5, 5.41) is 23.2. The summed E-state index contributed by atoms with van der Waals surface area (Å²) in [7, 11) is 0. The van der Waals surface area contributed by atoms with E-state index < -0.39 is 5.54 Å². The number of nitrogens with one attached hydrogen (secondary N) is 1. The Labute approximate surface area is 137 Å². The van der Waals surface area contributed by atoms with E-state index in [2.05, 4.69) is 21.2 Å². The lowest BCUT2D eigenvalue weighted by atomic mass is 9.92. The van der Waals surface area contributed by atoms with Gasteiger partial charge in [-0.15, -0.1) is 0 Å². The maximum absolute atomic E-state index is 9.75. The lowest BCUT2D eigenvalue weighted by molar-refractivity contribution is 0.173. The Hall–Kier alpha value is -1.07. The molecule has 0 saturated heterocycles. The molecule has 0 amide bonds. The molecule has 21 heavy (non-hydrogen) atoms. The predicted octanol–water partition coefficient (Wildman–Crippen LogP) is 3.81. The van der Waals surface area contributed by atoms with Crippen molar-refractivity contribution in [2.24, 2.45) is 0 Å². The fraction of sp³-hybridized carbons (Fsp3) is 0.250. The molecule has 0 fully saturated rings. The third-order valence-electron chi connectivity index (χ3n) is 3.50. The average molecular weight is 371 g/mol. The zero-order valence-corrected chi connectivity index (χ0v) is 13.9. The fourth-order valence-electron chi connectivity index (χ4n) is 2.05. The maximum Gasteiger partial charge on any atom is 0.116 e. The Morgan fingerprint density at radius 3 is 2.48 bits per heavy atom. The van der Waals surface area contributed by atoms with E-state index in [1.54, 1.807) is 18.2 Å². The van der Waals surface area contributed by atoms with Crippen molar-refractivity contribution in [3.8, 4) is 5.75 Å². The molecule has 0 spiro atoms. The smallest absolute Gasteiger partial charge is 0.116 e. The zero-order chi connectivity index (χ0) is 15.5. The van der Waals surface area contributed by atoms with Crippen molar-refractivity contribution in [2.75, 3.05) is 6.61 Å². The molecule has 3 N–H and O–H groups in total. The van der Waals surface area contributed by atoms with Gasteiger partial charge in [0.25, 0.3) is 0 Å². The number of aliphatic hydroxyl groups excluding tert-OH is 1. The summed E-state index contributed by atoms with van der Waals surface area (Å²) in [6.45, 7) is 2.32. The number of phenolic OH excluding ortho intramolecular Hbond substituents is 1. The molecule has 0 aliphatic heterocycles. The van der Waals surface area contributed by atoms with Gasteiger partial charge in [0.15, 0.2) is 0 Å². The van der Waals surface area contributed by atoms with Gasteiger partial charge in [0.05, 0.1) is 12.1 Å². The lowest BCUT2D eigenvalue weighted by Crippen LogP contribution is -2.42. The largest absolute Gasteiger partial charge is 0.508 e. The highest BCUT2D eigenvalue weighted by Crippen LogP contribution is 2.25. The first-order valence-electron chi connectivity index (χ1n) is 6.54. The highest BCUT2D eigenvalue weighted by Gasteiger charge is 2.25. The molecule has 0 aliphatic carbocycles. The van der Waals surface area contributed by atoms with Crippen molar-refractivity contribution in [1.82, 2.24) is 5.32 Å². The van der Waals surface area contributed by atoms with Crippen LogP contribution in [0.3, 0.4) is 0 Å². The van der Waals surface area contributed by atoms with Crippen LogP contribution in [0.5, 0.6) is 5.75 Å². The fourth-order valence-corrected chi connectivity index (χ4v) is 2.50. The Morgan fingerprint density at radius 2 is 1.86 bits per heavy atom. The molecular weight excluding hydrogens is 354 g/mol. The minimum Gasteiger partial charge on any atom is -0.508 e. The number of aromatic hydroxyl groups is 1. The molecule has 0 bridgehead atoms. The van der Waals surface area contributed by atoms with E-state index in [9.17, 15) is 10.2 Å². The molecule has 2 rings (SSSR count). The summed E-state index contributed by atoms with van der Waals surface area (Å²) in [5.74, 6) is 0.172. The lowest BCUT2D eigenvalue weighted by Gasteiger charge is -2.30. The zero-order valence-electron chi connectivity index (χ0n) is 11.6. The van der Waals surface area contributed by atoms with Gasteiger partial charge in [-0.1, -0.05) is 39.7 Å². The van der Waals surface area contributed by atoms with E-state index in [1.165, 1.54) is 0 Å². The molecule has 0 aromatic heterocycles. The van der Waals surface area contributed by atoms with Crippen LogP contribution >= 0.6 is 27.5 Å². The van der Waals surface area contributed by atoms with Crippen molar-refractivity contribution in [2.45, 2.75) is 19.0 Å². The Bertz CT molecular complexity index is 618. The van der Waals surface area contributed by atoms with Gasteiger partial charge >= 0.3 is 0 Å². The number of phenols is 1. The first kappa shape index (κ1) is 16.3. The SMILES string of the molecule is CC(CO)(NCc1cc(O)ccc1Cl)c1ccc(Br)cc1. The van der Waals surface area contributed by atoms with Crippen LogP contribution in [-0.2, 0) is 12.1 Å². The molecule has 0 radical (unpaired) electrons. The van der Waals surface area contributed by atoms with Crippen LogP contribution in [0.2, 0.25) is 5.02 Å². The second-order valence-electron chi connectivity index (χ2n) is 5.13. The monoisotopic (exact) mass is 369 g/mol. The molecule has 2 aromatic carbocycles. The number of hydrogen-bond acceptors (Lipinski definition) is 3. The molecule has 3 nitrogen and oxygen atoms in total.